The van der Waals surface area contributed by atoms with Gasteiger partial charge in [-0.25, -0.2) is 15.0 Å². The predicted octanol–water partition coefficient (Wildman–Crippen LogP) is 4.69. The molecule has 1 aliphatic rings. The molecule has 1 unspecified atom stereocenters. The number of benzene rings is 3. The molecule has 0 fully saturated rings. The zero-order valence-corrected chi connectivity index (χ0v) is 21.1. The SMILES string of the molecule is CC(C)(C)OC(=O)NNC(=O)C(Cc1ccccc1)NC(=O)OCC1c2ccccc2-c2ccccc21. The number of amides is 3. The Morgan fingerprint density at radius 2 is 1.35 bits per heavy atom. The lowest BCUT2D eigenvalue weighted by Crippen LogP contribution is -2.54. The van der Waals surface area contributed by atoms with Crippen molar-refractivity contribution in [2.45, 2.75) is 44.8 Å². The smallest absolute Gasteiger partial charge is 0.426 e. The van der Waals surface area contributed by atoms with Gasteiger partial charge in [0, 0.05) is 12.3 Å². The van der Waals surface area contributed by atoms with E-state index in [0.717, 1.165) is 27.8 Å². The molecule has 37 heavy (non-hydrogen) atoms. The molecular weight excluding hydrogens is 470 g/mol. The van der Waals surface area contributed by atoms with Crippen molar-refractivity contribution in [1.29, 1.82) is 0 Å². The van der Waals surface area contributed by atoms with Crippen molar-refractivity contribution in [3.8, 4) is 11.1 Å². The molecule has 0 radical (unpaired) electrons. The Balaban J connectivity index is 1.41. The number of alkyl carbamates (subject to hydrolysis) is 1. The molecule has 0 heterocycles. The number of ether oxygens (including phenoxy) is 2. The highest BCUT2D eigenvalue weighted by Gasteiger charge is 2.30. The van der Waals surface area contributed by atoms with Crippen molar-refractivity contribution in [2.24, 2.45) is 0 Å². The molecular formula is C29H31N3O5. The Morgan fingerprint density at radius 1 is 0.784 bits per heavy atom. The lowest BCUT2D eigenvalue weighted by molar-refractivity contribution is -0.124. The Kier molecular flexibility index (Phi) is 7.77. The Labute approximate surface area is 216 Å². The van der Waals surface area contributed by atoms with Gasteiger partial charge in [-0.3, -0.25) is 10.2 Å². The highest BCUT2D eigenvalue weighted by atomic mass is 16.6. The Hall–Kier alpha value is -4.33. The van der Waals surface area contributed by atoms with Crippen LogP contribution in [0, 0.1) is 0 Å². The van der Waals surface area contributed by atoms with Crippen LogP contribution in [0.3, 0.4) is 0 Å². The fraction of sp³-hybridized carbons (Fsp3) is 0.276. The van der Waals surface area contributed by atoms with Gasteiger partial charge >= 0.3 is 12.2 Å². The molecule has 0 spiro atoms. The fourth-order valence-corrected chi connectivity index (χ4v) is 4.34. The van der Waals surface area contributed by atoms with Crippen molar-refractivity contribution < 1.29 is 23.9 Å². The van der Waals surface area contributed by atoms with E-state index in [1.165, 1.54) is 0 Å². The van der Waals surface area contributed by atoms with Gasteiger partial charge in [-0.2, -0.15) is 0 Å². The van der Waals surface area contributed by atoms with E-state index < -0.39 is 29.7 Å². The number of hydrogen-bond donors (Lipinski definition) is 3. The number of nitrogens with one attached hydrogen (secondary N) is 3. The highest BCUT2D eigenvalue weighted by Crippen LogP contribution is 2.44. The molecule has 0 aliphatic heterocycles. The molecule has 3 aromatic carbocycles. The third-order valence-electron chi connectivity index (χ3n) is 5.92. The summed E-state index contributed by atoms with van der Waals surface area (Å²) < 4.78 is 10.8. The molecule has 8 heteroatoms. The molecule has 1 atom stereocenters. The number of carbonyl (C=O) groups is 3. The minimum atomic E-state index is -0.993. The summed E-state index contributed by atoms with van der Waals surface area (Å²) in [5.41, 5.74) is 9.09. The van der Waals surface area contributed by atoms with E-state index in [1.54, 1.807) is 20.8 Å². The summed E-state index contributed by atoms with van der Waals surface area (Å²) in [6, 6.07) is 24.4. The van der Waals surface area contributed by atoms with Crippen LogP contribution in [0.4, 0.5) is 9.59 Å². The fourth-order valence-electron chi connectivity index (χ4n) is 4.34. The largest absolute Gasteiger partial charge is 0.449 e. The maximum atomic E-state index is 12.9. The van der Waals surface area contributed by atoms with Crippen molar-refractivity contribution in [1.82, 2.24) is 16.2 Å². The molecule has 192 valence electrons. The van der Waals surface area contributed by atoms with Crippen LogP contribution < -0.4 is 16.2 Å². The van der Waals surface area contributed by atoms with E-state index in [0.29, 0.717) is 0 Å². The van der Waals surface area contributed by atoms with Crippen molar-refractivity contribution in [3.05, 3.63) is 95.6 Å². The second-order valence-electron chi connectivity index (χ2n) is 9.83. The van der Waals surface area contributed by atoms with Crippen LogP contribution in [-0.2, 0) is 20.7 Å². The van der Waals surface area contributed by atoms with Gasteiger partial charge in [0.15, 0.2) is 0 Å². The van der Waals surface area contributed by atoms with Crippen LogP contribution in [0.5, 0.6) is 0 Å². The molecule has 0 saturated heterocycles. The first-order chi connectivity index (χ1) is 17.7. The third kappa shape index (κ3) is 6.67. The second kappa shape index (κ2) is 11.2. The quantitative estimate of drug-likeness (QED) is 0.425. The second-order valence-corrected chi connectivity index (χ2v) is 9.83. The van der Waals surface area contributed by atoms with Crippen LogP contribution in [-0.4, -0.2) is 36.3 Å². The number of carbonyl (C=O) groups excluding carboxylic acids is 3. The van der Waals surface area contributed by atoms with Crippen LogP contribution >= 0.6 is 0 Å². The first-order valence-corrected chi connectivity index (χ1v) is 12.2. The molecule has 8 nitrogen and oxygen atoms in total. The van der Waals surface area contributed by atoms with Crippen LogP contribution in [0.15, 0.2) is 78.9 Å². The minimum Gasteiger partial charge on any atom is -0.449 e. The lowest BCUT2D eigenvalue weighted by Gasteiger charge is -2.22. The molecule has 0 bridgehead atoms. The monoisotopic (exact) mass is 501 g/mol. The number of hydrazine groups is 1. The lowest BCUT2D eigenvalue weighted by atomic mass is 9.98. The molecule has 0 aromatic heterocycles. The summed E-state index contributed by atoms with van der Waals surface area (Å²) in [6.45, 7) is 5.26. The van der Waals surface area contributed by atoms with Crippen LogP contribution in [0.25, 0.3) is 11.1 Å². The summed E-state index contributed by atoms with van der Waals surface area (Å²) in [6.07, 6.45) is -1.33. The molecule has 4 rings (SSSR count). The van der Waals surface area contributed by atoms with E-state index >= 15 is 0 Å². The Bertz CT molecular complexity index is 1220. The maximum absolute atomic E-state index is 12.9. The number of rotatable bonds is 6. The standard InChI is InChI=1S/C29H31N3O5/c1-29(2,3)37-28(35)32-31-26(33)25(17-19-11-5-4-6-12-19)30-27(34)36-18-24-22-15-9-7-13-20(22)21-14-8-10-16-23(21)24/h4-16,24-25H,17-18H2,1-3H3,(H,30,34)(H,31,33)(H,32,35). The zero-order valence-electron chi connectivity index (χ0n) is 21.1. The third-order valence-corrected chi connectivity index (χ3v) is 5.92. The van der Waals surface area contributed by atoms with E-state index in [-0.39, 0.29) is 18.9 Å². The van der Waals surface area contributed by atoms with Gasteiger partial charge in [0.1, 0.15) is 18.2 Å². The van der Waals surface area contributed by atoms with Gasteiger partial charge in [-0.1, -0.05) is 78.9 Å². The van der Waals surface area contributed by atoms with Gasteiger partial charge in [-0.15, -0.1) is 0 Å². The molecule has 3 N–H and O–H groups in total. The normalized spacial score (nSPS) is 13.1. The Morgan fingerprint density at radius 3 is 1.95 bits per heavy atom. The molecule has 3 aromatic rings. The summed E-state index contributed by atoms with van der Waals surface area (Å²) >= 11 is 0. The van der Waals surface area contributed by atoms with Crippen molar-refractivity contribution in [2.75, 3.05) is 6.61 Å². The van der Waals surface area contributed by atoms with Gasteiger partial charge in [0.25, 0.3) is 5.91 Å². The van der Waals surface area contributed by atoms with Gasteiger partial charge in [0.2, 0.25) is 0 Å². The topological polar surface area (TPSA) is 106 Å². The molecule has 0 saturated carbocycles. The van der Waals surface area contributed by atoms with Crippen molar-refractivity contribution >= 4 is 18.1 Å². The first-order valence-electron chi connectivity index (χ1n) is 12.2. The van der Waals surface area contributed by atoms with Crippen LogP contribution in [0.2, 0.25) is 0 Å². The van der Waals surface area contributed by atoms with E-state index in [4.69, 9.17) is 9.47 Å². The van der Waals surface area contributed by atoms with Gasteiger partial charge in [0.05, 0.1) is 0 Å². The number of hydrogen-bond acceptors (Lipinski definition) is 5. The van der Waals surface area contributed by atoms with Gasteiger partial charge < -0.3 is 14.8 Å². The van der Waals surface area contributed by atoms with Crippen molar-refractivity contribution in [3.63, 3.8) is 0 Å². The van der Waals surface area contributed by atoms with Gasteiger partial charge in [-0.05, 0) is 48.6 Å². The van der Waals surface area contributed by atoms with E-state index in [2.05, 4.69) is 28.3 Å². The predicted molar refractivity (Wildman–Crippen MR) is 140 cm³/mol. The minimum absolute atomic E-state index is 0.103. The maximum Gasteiger partial charge on any atom is 0.426 e. The summed E-state index contributed by atoms with van der Waals surface area (Å²) in [4.78, 5) is 37.7. The summed E-state index contributed by atoms with van der Waals surface area (Å²) in [5, 5.41) is 2.64. The summed E-state index contributed by atoms with van der Waals surface area (Å²) in [7, 11) is 0. The van der Waals surface area contributed by atoms with E-state index in [9.17, 15) is 14.4 Å². The average Bonchev–Trinajstić information content (AvgIpc) is 3.19. The highest BCUT2D eigenvalue weighted by molar-refractivity contribution is 5.87. The molecule has 3 amide bonds. The van der Waals surface area contributed by atoms with Crippen LogP contribution in [0.1, 0.15) is 43.4 Å². The average molecular weight is 502 g/mol. The summed E-state index contributed by atoms with van der Waals surface area (Å²) in [5.74, 6) is -0.711. The van der Waals surface area contributed by atoms with E-state index in [1.807, 2.05) is 66.7 Å². The molecule has 1 aliphatic carbocycles. The first kappa shape index (κ1) is 25.8. The number of fused-ring (bicyclic) bond motifs is 3. The zero-order chi connectivity index (χ0) is 26.4.